The number of thioether (sulfide) groups is 1. The van der Waals surface area contributed by atoms with Crippen LogP contribution >= 0.6 is 57.6 Å². The van der Waals surface area contributed by atoms with Crippen LogP contribution in [0.2, 0.25) is 10.0 Å². The van der Waals surface area contributed by atoms with E-state index in [1.807, 2.05) is 26.8 Å². The van der Waals surface area contributed by atoms with Gasteiger partial charge in [0.2, 0.25) is 5.91 Å². The third-order valence-electron chi connectivity index (χ3n) is 4.68. The third kappa shape index (κ3) is 6.05. The maximum absolute atomic E-state index is 12.6. The summed E-state index contributed by atoms with van der Waals surface area (Å²) in [6.45, 7) is 7.75. The minimum atomic E-state index is -0.419. The minimum absolute atomic E-state index is 0.183. The molecule has 32 heavy (non-hydrogen) atoms. The van der Waals surface area contributed by atoms with E-state index in [2.05, 4.69) is 10.3 Å². The van der Waals surface area contributed by atoms with Crippen LogP contribution in [0.3, 0.4) is 0 Å². The van der Waals surface area contributed by atoms with E-state index in [0.717, 1.165) is 30.9 Å². The minimum Gasteiger partial charge on any atom is -0.462 e. The Morgan fingerprint density at radius 3 is 2.66 bits per heavy atom. The number of halogens is 2. The summed E-state index contributed by atoms with van der Waals surface area (Å²) in [6.07, 6.45) is 0.631. The summed E-state index contributed by atoms with van der Waals surface area (Å²) in [4.78, 5) is 31.5. The fourth-order valence-corrected chi connectivity index (χ4v) is 6.43. The van der Waals surface area contributed by atoms with Crippen molar-refractivity contribution in [2.24, 2.45) is 0 Å². The van der Waals surface area contributed by atoms with Gasteiger partial charge in [-0.2, -0.15) is 0 Å². The highest BCUT2D eigenvalue weighted by atomic mass is 35.5. The zero-order valence-electron chi connectivity index (χ0n) is 18.0. The Labute approximate surface area is 209 Å². The van der Waals surface area contributed by atoms with Crippen LogP contribution in [0.4, 0.5) is 5.00 Å². The van der Waals surface area contributed by atoms with Crippen molar-refractivity contribution in [3.8, 4) is 0 Å². The first-order chi connectivity index (χ1) is 15.2. The molecule has 0 saturated carbocycles. The quantitative estimate of drug-likeness (QED) is 0.253. The maximum atomic E-state index is 12.6. The average Bonchev–Trinajstić information content (AvgIpc) is 3.22. The van der Waals surface area contributed by atoms with Gasteiger partial charge in [0.1, 0.15) is 5.00 Å². The predicted octanol–water partition coefficient (Wildman–Crippen LogP) is 6.93. The Morgan fingerprint density at radius 1 is 1.19 bits per heavy atom. The molecule has 3 rings (SSSR count). The molecule has 5 nitrogen and oxygen atoms in total. The van der Waals surface area contributed by atoms with E-state index in [9.17, 15) is 9.59 Å². The van der Waals surface area contributed by atoms with Crippen molar-refractivity contribution in [2.75, 3.05) is 17.7 Å². The number of esters is 1. The number of anilines is 1. The smallest absolute Gasteiger partial charge is 0.341 e. The van der Waals surface area contributed by atoms with Crippen LogP contribution in [0.15, 0.2) is 22.5 Å². The lowest BCUT2D eigenvalue weighted by atomic mass is 10.1. The maximum Gasteiger partial charge on any atom is 0.341 e. The highest BCUT2D eigenvalue weighted by Crippen LogP contribution is 2.34. The Kier molecular flexibility index (Phi) is 8.63. The molecule has 170 valence electrons. The van der Waals surface area contributed by atoms with Gasteiger partial charge in [-0.1, -0.05) is 35.0 Å². The summed E-state index contributed by atoms with van der Waals surface area (Å²) in [5.41, 5.74) is 3.10. The number of rotatable bonds is 8. The van der Waals surface area contributed by atoms with E-state index >= 15 is 0 Å². The number of ether oxygens (including phenoxy) is 1. The van der Waals surface area contributed by atoms with Crippen LogP contribution in [0.25, 0.3) is 0 Å². The largest absolute Gasteiger partial charge is 0.462 e. The number of hydrogen-bond donors (Lipinski definition) is 1. The molecule has 0 radical (unpaired) electrons. The second-order valence-electron chi connectivity index (χ2n) is 6.95. The molecule has 0 aliphatic carbocycles. The second kappa shape index (κ2) is 11.0. The van der Waals surface area contributed by atoms with Crippen molar-refractivity contribution in [1.82, 2.24) is 4.98 Å². The lowest BCUT2D eigenvalue weighted by Gasteiger charge is -2.06. The molecule has 1 aromatic carbocycles. The van der Waals surface area contributed by atoms with Gasteiger partial charge >= 0.3 is 5.97 Å². The first-order valence-electron chi connectivity index (χ1n) is 9.79. The second-order valence-corrected chi connectivity index (χ2v) is 11.3. The molecule has 10 heteroatoms. The number of carbonyl (C=O) groups is 2. The Bertz CT molecular complexity index is 1160. The zero-order chi connectivity index (χ0) is 23.4. The average molecular weight is 530 g/mol. The molecule has 0 aliphatic heterocycles. The molecule has 0 unspecified atom stereocenters. The summed E-state index contributed by atoms with van der Waals surface area (Å²) in [5, 5.41) is 4.68. The van der Waals surface area contributed by atoms with Crippen molar-refractivity contribution in [3.05, 3.63) is 60.4 Å². The van der Waals surface area contributed by atoms with Crippen LogP contribution in [0.5, 0.6) is 0 Å². The van der Waals surface area contributed by atoms with Gasteiger partial charge in [-0.15, -0.1) is 22.7 Å². The lowest BCUT2D eigenvalue weighted by molar-refractivity contribution is -0.113. The van der Waals surface area contributed by atoms with Crippen LogP contribution < -0.4 is 5.32 Å². The van der Waals surface area contributed by atoms with E-state index in [0.29, 0.717) is 27.0 Å². The molecule has 0 saturated heterocycles. The first kappa shape index (κ1) is 25.1. The Morgan fingerprint density at radius 2 is 1.94 bits per heavy atom. The van der Waals surface area contributed by atoms with Crippen LogP contribution in [-0.2, 0) is 16.0 Å². The molecule has 0 spiro atoms. The molecule has 2 aromatic heterocycles. The number of hydrogen-bond acceptors (Lipinski definition) is 7. The topological polar surface area (TPSA) is 68.3 Å². The van der Waals surface area contributed by atoms with Crippen LogP contribution in [-0.4, -0.2) is 29.2 Å². The number of benzene rings is 1. The van der Waals surface area contributed by atoms with Gasteiger partial charge in [-0.05, 0) is 57.0 Å². The molecule has 1 N–H and O–H groups in total. The number of thiazole rings is 1. The molecule has 0 bridgehead atoms. The summed E-state index contributed by atoms with van der Waals surface area (Å²) >= 11 is 16.7. The van der Waals surface area contributed by atoms with Gasteiger partial charge in [0.25, 0.3) is 0 Å². The van der Waals surface area contributed by atoms with Gasteiger partial charge in [0.15, 0.2) is 4.34 Å². The number of aryl methyl sites for hydroxylation is 2. The number of thiophene rings is 1. The van der Waals surface area contributed by atoms with Gasteiger partial charge in [-0.3, -0.25) is 4.79 Å². The number of amides is 1. The van der Waals surface area contributed by atoms with Gasteiger partial charge in [0, 0.05) is 26.2 Å². The van der Waals surface area contributed by atoms with Crippen molar-refractivity contribution < 1.29 is 14.3 Å². The zero-order valence-corrected chi connectivity index (χ0v) is 22.0. The third-order valence-corrected chi connectivity index (χ3v) is 8.70. The fourth-order valence-electron chi connectivity index (χ4n) is 2.93. The molecular weight excluding hydrogens is 507 g/mol. The fraction of sp³-hybridized carbons (Fsp3) is 0.318. The van der Waals surface area contributed by atoms with E-state index in [1.54, 1.807) is 19.1 Å². The van der Waals surface area contributed by atoms with Crippen molar-refractivity contribution in [2.45, 2.75) is 38.5 Å². The summed E-state index contributed by atoms with van der Waals surface area (Å²) in [6, 6.07) is 5.40. The molecule has 1 amide bonds. The normalized spacial score (nSPS) is 10.9. The standard InChI is InChI=1S/C22H22Cl2N2O3S3/c1-5-29-21(28)19-11(2)13(4)31-20(19)26-18(27)10-30-22-25-12(3)17(32-22)9-14-8-15(23)6-7-16(14)24/h6-8H,5,9-10H2,1-4H3,(H,26,27). The molecule has 3 aromatic rings. The summed E-state index contributed by atoms with van der Waals surface area (Å²) in [7, 11) is 0. The monoisotopic (exact) mass is 528 g/mol. The molecule has 0 atom stereocenters. The SMILES string of the molecule is CCOC(=O)c1c(NC(=O)CSc2nc(C)c(Cc3cc(Cl)ccc3Cl)s2)sc(C)c1C. The number of nitrogens with zero attached hydrogens (tertiary/aromatic N) is 1. The van der Waals surface area contributed by atoms with E-state index < -0.39 is 5.97 Å². The van der Waals surface area contributed by atoms with E-state index in [1.165, 1.54) is 34.4 Å². The number of aromatic nitrogens is 1. The number of carbonyl (C=O) groups excluding carboxylic acids is 2. The molecular formula is C22H22Cl2N2O3S3. The summed E-state index contributed by atoms with van der Waals surface area (Å²) in [5.74, 6) is -0.436. The lowest BCUT2D eigenvalue weighted by Crippen LogP contribution is -2.16. The van der Waals surface area contributed by atoms with Crippen LogP contribution in [0.1, 0.15) is 43.9 Å². The molecule has 0 aliphatic rings. The van der Waals surface area contributed by atoms with Gasteiger partial charge in [-0.25, -0.2) is 9.78 Å². The van der Waals surface area contributed by atoms with Gasteiger partial charge < -0.3 is 10.1 Å². The van der Waals surface area contributed by atoms with Gasteiger partial charge in [0.05, 0.1) is 23.6 Å². The highest BCUT2D eigenvalue weighted by Gasteiger charge is 2.22. The Balaban J connectivity index is 1.65. The number of nitrogens with one attached hydrogen (secondary N) is 1. The molecule has 0 fully saturated rings. The predicted molar refractivity (Wildman–Crippen MR) is 135 cm³/mol. The van der Waals surface area contributed by atoms with Crippen LogP contribution in [0, 0.1) is 20.8 Å². The summed E-state index contributed by atoms with van der Waals surface area (Å²) < 4.78 is 5.94. The first-order valence-corrected chi connectivity index (χ1v) is 13.2. The highest BCUT2D eigenvalue weighted by molar-refractivity contribution is 8.01. The van der Waals surface area contributed by atoms with E-state index in [-0.39, 0.29) is 18.3 Å². The van der Waals surface area contributed by atoms with Crippen molar-refractivity contribution in [1.29, 1.82) is 0 Å². The Hall–Kier alpha value is -1.58. The molecule has 2 heterocycles. The van der Waals surface area contributed by atoms with Crippen molar-refractivity contribution in [3.63, 3.8) is 0 Å². The van der Waals surface area contributed by atoms with E-state index in [4.69, 9.17) is 27.9 Å². The van der Waals surface area contributed by atoms with Crippen molar-refractivity contribution >= 4 is 74.5 Å².